The highest BCUT2D eigenvalue weighted by Crippen LogP contribution is 2.28. The fraction of sp³-hybridized carbons (Fsp3) is 0.417. The Balaban J connectivity index is 2.08. The van der Waals surface area contributed by atoms with E-state index in [1.165, 1.54) is 6.07 Å². The molecule has 0 aromatic heterocycles. The summed E-state index contributed by atoms with van der Waals surface area (Å²) < 4.78 is 11.7. The van der Waals surface area contributed by atoms with Gasteiger partial charge in [0.25, 0.3) is 0 Å². The smallest absolute Gasteiger partial charge is 0.335 e. The maximum absolute atomic E-state index is 10.8. The summed E-state index contributed by atoms with van der Waals surface area (Å²) in [6, 6.07) is 4.75. The monoisotopic (exact) mass is 300 g/mol. The Morgan fingerprint density at radius 3 is 2.94 bits per heavy atom. The first-order chi connectivity index (χ1) is 8.16. The van der Waals surface area contributed by atoms with Crippen molar-refractivity contribution < 1.29 is 19.4 Å². The average molecular weight is 301 g/mol. The number of benzene rings is 1. The van der Waals surface area contributed by atoms with Gasteiger partial charge in [0.2, 0.25) is 0 Å². The molecule has 1 heterocycles. The predicted molar refractivity (Wildman–Crippen MR) is 65.6 cm³/mol. The molecule has 0 aliphatic carbocycles. The Labute approximate surface area is 108 Å². The quantitative estimate of drug-likeness (QED) is 0.932. The van der Waals surface area contributed by atoms with Crippen LogP contribution in [0.1, 0.15) is 23.2 Å². The maximum Gasteiger partial charge on any atom is 0.335 e. The molecule has 92 valence electrons. The standard InChI is InChI=1S/C12H13BrO4/c13-10-6-8(12(14)15)3-4-11(10)17-9-2-1-5-16-7-9/h3-4,6,9H,1-2,5,7H2,(H,14,15). The van der Waals surface area contributed by atoms with E-state index in [9.17, 15) is 4.79 Å². The number of rotatable bonds is 3. The van der Waals surface area contributed by atoms with Crippen molar-refractivity contribution >= 4 is 21.9 Å². The molecule has 2 rings (SSSR count). The van der Waals surface area contributed by atoms with Gasteiger partial charge in [-0.05, 0) is 47.0 Å². The first-order valence-electron chi connectivity index (χ1n) is 5.44. The van der Waals surface area contributed by atoms with Crippen LogP contribution in [0, 0.1) is 0 Å². The summed E-state index contributed by atoms with van der Waals surface area (Å²) in [5.41, 5.74) is 0.240. The SMILES string of the molecule is O=C(O)c1ccc(OC2CCCOC2)c(Br)c1. The third-order valence-corrected chi connectivity index (χ3v) is 3.21. The van der Waals surface area contributed by atoms with Gasteiger partial charge in [0, 0.05) is 6.61 Å². The van der Waals surface area contributed by atoms with E-state index in [1.807, 2.05) is 0 Å². The topological polar surface area (TPSA) is 55.8 Å². The van der Waals surface area contributed by atoms with Gasteiger partial charge in [-0.2, -0.15) is 0 Å². The third kappa shape index (κ3) is 3.20. The number of carboxylic acid groups (broad SMARTS) is 1. The molecule has 4 nitrogen and oxygen atoms in total. The summed E-state index contributed by atoms with van der Waals surface area (Å²) in [6.07, 6.45) is 2.01. The van der Waals surface area contributed by atoms with Crippen molar-refractivity contribution in [1.29, 1.82) is 0 Å². The molecule has 0 radical (unpaired) electrons. The number of hydrogen-bond donors (Lipinski definition) is 1. The first kappa shape index (κ1) is 12.4. The fourth-order valence-corrected chi connectivity index (χ4v) is 2.19. The highest BCUT2D eigenvalue weighted by atomic mass is 79.9. The molecule has 1 atom stereocenters. The van der Waals surface area contributed by atoms with Crippen molar-refractivity contribution in [2.45, 2.75) is 18.9 Å². The molecule has 1 N–H and O–H groups in total. The molecule has 1 unspecified atom stereocenters. The molecule has 0 amide bonds. The number of ether oxygens (including phenoxy) is 2. The largest absolute Gasteiger partial charge is 0.487 e. The average Bonchev–Trinajstić information content (AvgIpc) is 2.33. The molecule has 0 bridgehead atoms. The molecule has 1 saturated heterocycles. The lowest BCUT2D eigenvalue weighted by Gasteiger charge is -2.23. The Bertz CT molecular complexity index is 413. The fourth-order valence-electron chi connectivity index (χ4n) is 1.71. The van der Waals surface area contributed by atoms with Crippen LogP contribution in [-0.4, -0.2) is 30.4 Å². The lowest BCUT2D eigenvalue weighted by atomic mass is 10.1. The van der Waals surface area contributed by atoms with Gasteiger partial charge >= 0.3 is 5.97 Å². The number of aromatic carboxylic acids is 1. The molecule has 0 spiro atoms. The second kappa shape index (κ2) is 5.51. The summed E-state index contributed by atoms with van der Waals surface area (Å²) in [4.78, 5) is 10.8. The Hall–Kier alpha value is -1.07. The minimum Gasteiger partial charge on any atom is -0.487 e. The molecule has 1 aliphatic heterocycles. The van der Waals surface area contributed by atoms with Crippen LogP contribution in [0.15, 0.2) is 22.7 Å². The molecule has 17 heavy (non-hydrogen) atoms. The van der Waals surface area contributed by atoms with Crippen LogP contribution in [0.25, 0.3) is 0 Å². The van der Waals surface area contributed by atoms with Crippen LogP contribution >= 0.6 is 15.9 Å². The molecular weight excluding hydrogens is 288 g/mol. The van der Waals surface area contributed by atoms with Crippen molar-refractivity contribution in [3.8, 4) is 5.75 Å². The Kier molecular flexibility index (Phi) is 4.02. The van der Waals surface area contributed by atoms with Crippen LogP contribution in [0.3, 0.4) is 0 Å². The lowest BCUT2D eigenvalue weighted by molar-refractivity contribution is 0.00710. The van der Waals surface area contributed by atoms with E-state index < -0.39 is 5.97 Å². The van der Waals surface area contributed by atoms with Gasteiger partial charge in [-0.15, -0.1) is 0 Å². The van der Waals surface area contributed by atoms with E-state index in [0.717, 1.165) is 19.4 Å². The van der Waals surface area contributed by atoms with E-state index in [0.29, 0.717) is 16.8 Å². The summed E-state index contributed by atoms with van der Waals surface area (Å²) in [6.45, 7) is 1.38. The van der Waals surface area contributed by atoms with E-state index >= 15 is 0 Å². The number of carbonyl (C=O) groups is 1. The number of carboxylic acids is 1. The molecule has 1 fully saturated rings. The van der Waals surface area contributed by atoms with E-state index in [-0.39, 0.29) is 11.7 Å². The van der Waals surface area contributed by atoms with Crippen molar-refractivity contribution in [2.24, 2.45) is 0 Å². The van der Waals surface area contributed by atoms with E-state index in [2.05, 4.69) is 15.9 Å². The van der Waals surface area contributed by atoms with Crippen LogP contribution in [0.2, 0.25) is 0 Å². The lowest BCUT2D eigenvalue weighted by Crippen LogP contribution is -2.28. The summed E-state index contributed by atoms with van der Waals surface area (Å²) in [5, 5.41) is 8.84. The van der Waals surface area contributed by atoms with Gasteiger partial charge < -0.3 is 14.6 Å². The van der Waals surface area contributed by atoms with Crippen LogP contribution in [-0.2, 0) is 4.74 Å². The van der Waals surface area contributed by atoms with Gasteiger partial charge in [0.15, 0.2) is 0 Å². The summed E-state index contributed by atoms with van der Waals surface area (Å²) in [5.74, 6) is -0.288. The van der Waals surface area contributed by atoms with Gasteiger partial charge in [0.1, 0.15) is 11.9 Å². The zero-order valence-corrected chi connectivity index (χ0v) is 10.8. The summed E-state index contributed by atoms with van der Waals surface area (Å²) >= 11 is 3.31. The minimum absolute atomic E-state index is 0.0516. The number of hydrogen-bond acceptors (Lipinski definition) is 3. The molecular formula is C12H13BrO4. The normalized spacial score (nSPS) is 19.9. The van der Waals surface area contributed by atoms with Crippen molar-refractivity contribution in [3.63, 3.8) is 0 Å². The molecule has 1 aromatic rings. The van der Waals surface area contributed by atoms with Crippen molar-refractivity contribution in [2.75, 3.05) is 13.2 Å². The number of halogens is 1. The van der Waals surface area contributed by atoms with Crippen LogP contribution in [0.5, 0.6) is 5.75 Å². The van der Waals surface area contributed by atoms with Crippen LogP contribution < -0.4 is 4.74 Å². The zero-order valence-electron chi connectivity index (χ0n) is 9.19. The summed E-state index contributed by atoms with van der Waals surface area (Å²) in [7, 11) is 0. The predicted octanol–water partition coefficient (Wildman–Crippen LogP) is 2.71. The second-order valence-electron chi connectivity index (χ2n) is 3.91. The minimum atomic E-state index is -0.946. The second-order valence-corrected chi connectivity index (χ2v) is 4.76. The molecule has 5 heteroatoms. The van der Waals surface area contributed by atoms with Gasteiger partial charge in [-0.1, -0.05) is 0 Å². The van der Waals surface area contributed by atoms with Crippen LogP contribution in [0.4, 0.5) is 0 Å². The van der Waals surface area contributed by atoms with Gasteiger partial charge in [0.05, 0.1) is 16.6 Å². The van der Waals surface area contributed by atoms with Crippen molar-refractivity contribution in [3.05, 3.63) is 28.2 Å². The van der Waals surface area contributed by atoms with Gasteiger partial charge in [-0.3, -0.25) is 0 Å². The first-order valence-corrected chi connectivity index (χ1v) is 6.23. The Morgan fingerprint density at radius 2 is 2.35 bits per heavy atom. The Morgan fingerprint density at radius 1 is 1.53 bits per heavy atom. The third-order valence-electron chi connectivity index (χ3n) is 2.59. The molecule has 1 aromatic carbocycles. The maximum atomic E-state index is 10.8. The van der Waals surface area contributed by atoms with E-state index in [4.69, 9.17) is 14.6 Å². The molecule has 1 aliphatic rings. The van der Waals surface area contributed by atoms with E-state index in [1.54, 1.807) is 12.1 Å². The highest BCUT2D eigenvalue weighted by molar-refractivity contribution is 9.10. The zero-order chi connectivity index (χ0) is 12.3. The van der Waals surface area contributed by atoms with Gasteiger partial charge in [-0.25, -0.2) is 4.79 Å². The molecule has 0 saturated carbocycles. The highest BCUT2D eigenvalue weighted by Gasteiger charge is 2.17. The van der Waals surface area contributed by atoms with Crippen molar-refractivity contribution in [1.82, 2.24) is 0 Å².